The molecule has 0 aromatic carbocycles. The van der Waals surface area contributed by atoms with Gasteiger partial charge in [-0.15, -0.1) is 0 Å². The number of hydrogen-bond acceptors (Lipinski definition) is 5. The number of hydrogen-bond donors (Lipinski definition) is 0. The Labute approximate surface area is 138 Å². The molecule has 0 saturated carbocycles. The first-order valence-electron chi connectivity index (χ1n) is 8.73. The van der Waals surface area contributed by atoms with Gasteiger partial charge in [0.15, 0.2) is 5.69 Å². The third kappa shape index (κ3) is 3.75. The van der Waals surface area contributed by atoms with Crippen LogP contribution in [0, 0.1) is 0 Å². The zero-order valence-corrected chi connectivity index (χ0v) is 14.5. The van der Waals surface area contributed by atoms with Gasteiger partial charge in [0.2, 0.25) is 0 Å². The van der Waals surface area contributed by atoms with Gasteiger partial charge in [-0.1, -0.05) is 19.0 Å². The number of carbonyl (C=O) groups is 1. The number of piperidine rings is 1. The number of piperazine rings is 1. The minimum Gasteiger partial charge on any atom is -0.360 e. The number of aromatic nitrogens is 1. The number of amides is 1. The quantitative estimate of drug-likeness (QED) is 0.848. The molecule has 0 aliphatic carbocycles. The molecular weight excluding hydrogens is 292 g/mol. The van der Waals surface area contributed by atoms with Gasteiger partial charge in [0.05, 0.1) is 0 Å². The maximum Gasteiger partial charge on any atom is 0.276 e. The second kappa shape index (κ2) is 7.01. The predicted molar refractivity (Wildman–Crippen MR) is 88.6 cm³/mol. The van der Waals surface area contributed by atoms with Crippen LogP contribution in [0.15, 0.2) is 10.6 Å². The van der Waals surface area contributed by atoms with Crippen LogP contribution in [0.2, 0.25) is 0 Å². The van der Waals surface area contributed by atoms with Crippen molar-refractivity contribution in [2.24, 2.45) is 0 Å². The fourth-order valence-corrected chi connectivity index (χ4v) is 3.55. The number of carbonyl (C=O) groups excluding carboxylic acids is 1. The highest BCUT2D eigenvalue weighted by Gasteiger charge is 2.29. The first-order valence-corrected chi connectivity index (χ1v) is 8.73. The molecule has 0 unspecified atom stereocenters. The molecule has 2 aliphatic rings. The minimum atomic E-state index is 0.000984. The normalized spacial score (nSPS) is 24.3. The monoisotopic (exact) mass is 320 g/mol. The van der Waals surface area contributed by atoms with E-state index in [0.717, 1.165) is 38.5 Å². The molecule has 2 saturated heterocycles. The summed E-state index contributed by atoms with van der Waals surface area (Å²) in [5.74, 6) is 1.03. The van der Waals surface area contributed by atoms with E-state index in [0.29, 0.717) is 11.7 Å². The van der Waals surface area contributed by atoms with Crippen molar-refractivity contribution < 1.29 is 9.32 Å². The summed E-state index contributed by atoms with van der Waals surface area (Å²) in [6.45, 7) is 9.90. The lowest BCUT2D eigenvalue weighted by Gasteiger charge is -2.42. The van der Waals surface area contributed by atoms with Crippen LogP contribution in [0.1, 0.15) is 48.9 Å². The summed E-state index contributed by atoms with van der Waals surface area (Å²) in [5, 5.41) is 3.94. The molecule has 6 heteroatoms. The second-order valence-electron chi connectivity index (χ2n) is 7.16. The molecule has 1 aromatic heterocycles. The summed E-state index contributed by atoms with van der Waals surface area (Å²) in [6.07, 6.45) is 2.55. The van der Waals surface area contributed by atoms with E-state index < -0.39 is 0 Å². The smallest absolute Gasteiger partial charge is 0.276 e. The molecule has 0 bridgehead atoms. The number of rotatable bonds is 3. The molecule has 0 radical (unpaired) electrons. The Balaban J connectivity index is 1.54. The van der Waals surface area contributed by atoms with E-state index in [9.17, 15) is 4.79 Å². The summed E-state index contributed by atoms with van der Waals surface area (Å²) in [4.78, 5) is 19.4. The van der Waals surface area contributed by atoms with Crippen molar-refractivity contribution in [3.8, 4) is 0 Å². The van der Waals surface area contributed by atoms with Crippen LogP contribution in [0.5, 0.6) is 0 Å². The lowest BCUT2D eigenvalue weighted by molar-refractivity contribution is 0.0445. The number of likely N-dealkylation sites (N-methyl/N-ethyl adjacent to an activating group) is 1. The van der Waals surface area contributed by atoms with Gasteiger partial charge in [-0.25, -0.2) is 0 Å². The molecule has 0 spiro atoms. The SMILES string of the molecule is CC(C)c1cc(C(=O)N2CCN([C@H]3CCCN(C)C3)CC2)no1. The van der Waals surface area contributed by atoms with Crippen molar-refractivity contribution in [2.45, 2.75) is 38.6 Å². The minimum absolute atomic E-state index is 0.000984. The van der Waals surface area contributed by atoms with Crippen LogP contribution >= 0.6 is 0 Å². The summed E-state index contributed by atoms with van der Waals surface area (Å²) in [5.41, 5.74) is 0.444. The third-order valence-corrected chi connectivity index (χ3v) is 5.03. The van der Waals surface area contributed by atoms with Gasteiger partial charge in [-0.2, -0.15) is 0 Å². The van der Waals surface area contributed by atoms with Crippen LogP contribution in [0.3, 0.4) is 0 Å². The molecule has 2 fully saturated rings. The van der Waals surface area contributed by atoms with Crippen molar-refractivity contribution in [3.63, 3.8) is 0 Å². The maximum atomic E-state index is 12.5. The molecule has 6 nitrogen and oxygen atoms in total. The van der Waals surface area contributed by atoms with Crippen LogP contribution in [-0.2, 0) is 0 Å². The van der Waals surface area contributed by atoms with Crippen LogP contribution in [0.25, 0.3) is 0 Å². The second-order valence-corrected chi connectivity index (χ2v) is 7.16. The van der Waals surface area contributed by atoms with E-state index >= 15 is 0 Å². The fourth-order valence-electron chi connectivity index (χ4n) is 3.55. The highest BCUT2D eigenvalue weighted by atomic mass is 16.5. The lowest BCUT2D eigenvalue weighted by Crippen LogP contribution is -2.55. The Kier molecular flexibility index (Phi) is 5.02. The third-order valence-electron chi connectivity index (χ3n) is 5.03. The van der Waals surface area contributed by atoms with Gasteiger partial charge in [-0.05, 0) is 26.4 Å². The molecule has 2 aliphatic heterocycles. The van der Waals surface area contributed by atoms with E-state index in [-0.39, 0.29) is 11.8 Å². The first kappa shape index (κ1) is 16.5. The van der Waals surface area contributed by atoms with Gasteiger partial charge in [-0.3, -0.25) is 9.69 Å². The van der Waals surface area contributed by atoms with E-state index in [1.165, 1.54) is 19.4 Å². The van der Waals surface area contributed by atoms with Crippen LogP contribution in [0.4, 0.5) is 0 Å². The molecule has 1 aromatic rings. The summed E-state index contributed by atoms with van der Waals surface area (Å²) >= 11 is 0. The van der Waals surface area contributed by atoms with E-state index in [1.54, 1.807) is 6.07 Å². The predicted octanol–water partition coefficient (Wildman–Crippen LogP) is 1.65. The first-order chi connectivity index (χ1) is 11.0. The number of likely N-dealkylation sites (tertiary alicyclic amines) is 1. The highest BCUT2D eigenvalue weighted by molar-refractivity contribution is 5.92. The lowest BCUT2D eigenvalue weighted by atomic mass is 10.0. The van der Waals surface area contributed by atoms with E-state index in [2.05, 4.69) is 22.0 Å². The molecule has 1 atom stereocenters. The average molecular weight is 320 g/mol. The molecule has 128 valence electrons. The standard InChI is InChI=1S/C17H28N4O2/c1-13(2)16-11-15(18-23-16)17(22)21-9-7-20(8-10-21)14-5-4-6-19(3)12-14/h11,13-14H,4-10,12H2,1-3H3/t14-/m0/s1. The zero-order valence-electron chi connectivity index (χ0n) is 14.5. The molecule has 3 rings (SSSR count). The van der Waals surface area contributed by atoms with Crippen LogP contribution in [-0.4, -0.2) is 78.1 Å². The van der Waals surface area contributed by atoms with Crippen molar-refractivity contribution in [3.05, 3.63) is 17.5 Å². The van der Waals surface area contributed by atoms with E-state index in [1.807, 2.05) is 18.7 Å². The Morgan fingerprint density at radius 3 is 2.61 bits per heavy atom. The van der Waals surface area contributed by atoms with Gasteiger partial charge < -0.3 is 14.3 Å². The highest BCUT2D eigenvalue weighted by Crippen LogP contribution is 2.19. The Morgan fingerprint density at radius 1 is 1.26 bits per heavy atom. The summed E-state index contributed by atoms with van der Waals surface area (Å²) in [7, 11) is 2.20. The average Bonchev–Trinajstić information content (AvgIpc) is 3.04. The van der Waals surface area contributed by atoms with Gasteiger partial charge in [0.1, 0.15) is 5.76 Å². The van der Waals surface area contributed by atoms with E-state index in [4.69, 9.17) is 4.52 Å². The fraction of sp³-hybridized carbons (Fsp3) is 0.765. The van der Waals surface area contributed by atoms with Gasteiger partial charge >= 0.3 is 0 Å². The number of nitrogens with zero attached hydrogens (tertiary/aromatic N) is 4. The summed E-state index contributed by atoms with van der Waals surface area (Å²) in [6, 6.07) is 2.43. The molecular formula is C17H28N4O2. The van der Waals surface area contributed by atoms with Crippen molar-refractivity contribution in [2.75, 3.05) is 46.3 Å². The maximum absolute atomic E-state index is 12.5. The molecule has 0 N–H and O–H groups in total. The van der Waals surface area contributed by atoms with Gasteiger partial charge in [0, 0.05) is 50.7 Å². The molecule has 1 amide bonds. The Morgan fingerprint density at radius 2 is 2.00 bits per heavy atom. The van der Waals surface area contributed by atoms with Crippen LogP contribution < -0.4 is 0 Å². The Bertz CT molecular complexity index is 534. The zero-order chi connectivity index (χ0) is 16.4. The van der Waals surface area contributed by atoms with Gasteiger partial charge in [0.25, 0.3) is 5.91 Å². The summed E-state index contributed by atoms with van der Waals surface area (Å²) < 4.78 is 5.25. The molecule has 23 heavy (non-hydrogen) atoms. The van der Waals surface area contributed by atoms with Crippen molar-refractivity contribution >= 4 is 5.91 Å². The van der Waals surface area contributed by atoms with Crippen molar-refractivity contribution in [1.82, 2.24) is 19.9 Å². The van der Waals surface area contributed by atoms with Crippen molar-refractivity contribution in [1.29, 1.82) is 0 Å². The molecule has 3 heterocycles. The Hall–Kier alpha value is -1.40. The topological polar surface area (TPSA) is 52.8 Å². The largest absolute Gasteiger partial charge is 0.360 e.